The van der Waals surface area contributed by atoms with Gasteiger partial charge in [-0.15, -0.1) is 0 Å². The van der Waals surface area contributed by atoms with Gasteiger partial charge in [-0.25, -0.2) is 4.79 Å². The molecule has 0 radical (unpaired) electrons. The number of aliphatic carboxylic acids is 1. The summed E-state index contributed by atoms with van der Waals surface area (Å²) in [7, 11) is 0. The zero-order valence-electron chi connectivity index (χ0n) is 50.7. The normalized spacial score (nSPS) is 14.3. The van der Waals surface area contributed by atoms with Gasteiger partial charge < -0.3 is 79.5 Å². The summed E-state index contributed by atoms with van der Waals surface area (Å²) in [5.41, 5.74) is 23.0. The van der Waals surface area contributed by atoms with Gasteiger partial charge in [-0.1, -0.05) is 114 Å². The number of carbonyl (C=O) groups excluding carboxylic acids is 7. The number of nitrogens with one attached hydrogen (secondary N) is 11. The summed E-state index contributed by atoms with van der Waals surface area (Å²) in [6, 6.07) is 19.5. The Morgan fingerprint density at radius 2 is 0.697 bits per heavy atom. The number of para-hydroxylation sites is 4. The van der Waals surface area contributed by atoms with Gasteiger partial charge in [-0.05, 0) is 77.1 Å². The number of hydrogen-bond acceptors (Lipinski definition) is 10. The minimum Gasteiger partial charge on any atom is -0.480 e. The van der Waals surface area contributed by atoms with E-state index in [4.69, 9.17) is 17.2 Å². The van der Waals surface area contributed by atoms with Crippen LogP contribution >= 0.6 is 0 Å². The number of fused-ring (bicyclic) bond motifs is 4. The van der Waals surface area contributed by atoms with Crippen molar-refractivity contribution in [3.63, 3.8) is 0 Å². The maximum Gasteiger partial charge on any atom is 0.326 e. The lowest BCUT2D eigenvalue weighted by Crippen LogP contribution is -2.62. The Morgan fingerprint density at radius 1 is 0.416 bits per heavy atom. The van der Waals surface area contributed by atoms with Gasteiger partial charge >= 0.3 is 5.97 Å². The third kappa shape index (κ3) is 16.6. The van der Waals surface area contributed by atoms with Gasteiger partial charge in [0, 0.05) is 101 Å². The highest BCUT2D eigenvalue weighted by Gasteiger charge is 2.37. The summed E-state index contributed by atoms with van der Waals surface area (Å²) in [5, 5.41) is 33.3. The molecule has 0 fully saturated rings. The summed E-state index contributed by atoms with van der Waals surface area (Å²) < 4.78 is 0. The van der Waals surface area contributed by atoms with E-state index in [1.807, 2.05) is 97.1 Å². The molecule has 0 bridgehead atoms. The van der Waals surface area contributed by atoms with E-state index in [2.05, 4.69) is 62.1 Å². The Labute approximate surface area is 514 Å². The number of guanidine groups is 1. The first kappa shape index (κ1) is 65.0. The molecule has 18 N–H and O–H groups in total. The molecule has 8 rings (SSSR count). The fourth-order valence-corrected chi connectivity index (χ4v) is 11.0. The molecule has 0 aliphatic rings. The number of carboxylic acids is 1. The lowest BCUT2D eigenvalue weighted by molar-refractivity contribution is -0.142. The molecular formula is C65H81N15O9. The second kappa shape index (κ2) is 29.6. The van der Waals surface area contributed by atoms with Crippen LogP contribution in [0.4, 0.5) is 0 Å². The molecular weight excluding hydrogens is 1130 g/mol. The van der Waals surface area contributed by atoms with Gasteiger partial charge in [0.25, 0.3) is 0 Å². The molecule has 4 aromatic heterocycles. The standard InChI is InChI=1S/C65H81N15O9/c1-34(2)54(61(85)75-50(26-37-30-70-46-21-11-7-16-41(37)46)58(82)77-53(64(88)89)29-40-33-73-49-24-14-10-19-44(40)49)78-60(84)52(28-39-32-72-48-23-13-9-18-43(39)48)76-62(86)55(35(3)4)80-63(87)56(36(5)6)79-59(83)51(27-38-31-71-47-22-12-8-17-42(38)47)74-57(81)45(66)20-15-25-69-65(67)68/h7-14,16-19,21-24,30-36,45,50-56,70-73H,15,20,25-29,66H2,1-6H3,(H,74,81)(H,75,85)(H,76,86)(H,77,82)(H,78,84)(H,79,83)(H,80,87)(H,88,89)(H4,67,68,69)/t45-,50-,51-,52-,53-,54-,55-,56-/m0/s1. The molecule has 24 nitrogen and oxygen atoms in total. The molecule has 0 saturated heterocycles. The topological polar surface area (TPSA) is 395 Å². The van der Waals surface area contributed by atoms with Crippen LogP contribution in [0, 0.1) is 17.8 Å². The first-order valence-electron chi connectivity index (χ1n) is 29.9. The second-order valence-corrected chi connectivity index (χ2v) is 23.6. The van der Waals surface area contributed by atoms with E-state index in [0.717, 1.165) is 43.6 Å². The van der Waals surface area contributed by atoms with Crippen molar-refractivity contribution in [2.45, 2.75) is 128 Å². The van der Waals surface area contributed by atoms with Crippen molar-refractivity contribution < 1.29 is 43.5 Å². The number of aliphatic imine (C=N–C) groups is 1. The van der Waals surface area contributed by atoms with Crippen LogP contribution in [0.15, 0.2) is 127 Å². The molecule has 0 saturated carbocycles. The number of benzene rings is 4. The van der Waals surface area contributed by atoms with Crippen LogP contribution in [0.1, 0.15) is 76.6 Å². The molecule has 4 aromatic carbocycles. The van der Waals surface area contributed by atoms with E-state index in [-0.39, 0.29) is 44.6 Å². The van der Waals surface area contributed by atoms with E-state index in [9.17, 15) is 43.5 Å². The van der Waals surface area contributed by atoms with Crippen LogP contribution in [0.25, 0.3) is 43.6 Å². The molecule has 0 unspecified atom stereocenters. The summed E-state index contributed by atoms with van der Waals surface area (Å²) in [6.07, 6.45) is 7.27. The molecule has 24 heteroatoms. The van der Waals surface area contributed by atoms with Crippen LogP contribution in [-0.2, 0) is 64.0 Å². The van der Waals surface area contributed by atoms with Crippen LogP contribution in [-0.4, -0.2) is 133 Å². The average Bonchev–Trinajstić information content (AvgIpc) is 2.53. The Kier molecular flexibility index (Phi) is 21.6. The van der Waals surface area contributed by atoms with Crippen molar-refractivity contribution in [3.8, 4) is 0 Å². The van der Waals surface area contributed by atoms with Gasteiger partial charge in [0.05, 0.1) is 6.04 Å². The van der Waals surface area contributed by atoms with Crippen LogP contribution < -0.4 is 54.4 Å². The lowest BCUT2D eigenvalue weighted by atomic mass is 9.97. The largest absolute Gasteiger partial charge is 0.480 e. The highest BCUT2D eigenvalue weighted by molar-refractivity contribution is 5.99. The van der Waals surface area contributed by atoms with E-state index in [1.165, 1.54) is 0 Å². The van der Waals surface area contributed by atoms with Crippen molar-refractivity contribution in [2.75, 3.05) is 6.54 Å². The number of nitrogens with zero attached hydrogens (tertiary/aromatic N) is 1. The van der Waals surface area contributed by atoms with Crippen molar-refractivity contribution in [1.82, 2.24) is 57.2 Å². The van der Waals surface area contributed by atoms with Crippen LogP contribution in [0.5, 0.6) is 0 Å². The predicted octanol–water partition coefficient (Wildman–Crippen LogP) is 3.71. The summed E-state index contributed by atoms with van der Waals surface area (Å²) in [6.45, 7) is 10.5. The fourth-order valence-electron chi connectivity index (χ4n) is 11.0. The summed E-state index contributed by atoms with van der Waals surface area (Å²) in [5.74, 6) is -8.19. The number of carboxylic acid groups (broad SMARTS) is 1. The summed E-state index contributed by atoms with van der Waals surface area (Å²) in [4.78, 5) is 131. The predicted molar refractivity (Wildman–Crippen MR) is 342 cm³/mol. The molecule has 4 heterocycles. The Balaban J connectivity index is 1.01. The first-order chi connectivity index (χ1) is 42.6. The highest BCUT2D eigenvalue weighted by atomic mass is 16.4. The number of aromatic amines is 4. The Hall–Kier alpha value is -9.97. The second-order valence-electron chi connectivity index (χ2n) is 23.6. The van der Waals surface area contributed by atoms with Gasteiger partial charge in [0.2, 0.25) is 41.4 Å². The minimum absolute atomic E-state index is 0.0201. The monoisotopic (exact) mass is 1220 g/mol. The van der Waals surface area contributed by atoms with Gasteiger partial charge in [-0.2, -0.15) is 0 Å². The SMILES string of the molecule is CC(C)[C@H](NC(=O)[C@H](Cc1c[nH]c2ccccc12)NC(=O)[C@@H](NC(=O)[C@@H](NC(=O)[C@H](Cc1c[nH]c2ccccc12)NC(=O)[C@@H](N)CCCN=C(N)N)C(C)C)C(C)C)C(=O)N[C@@H](Cc1c[nH]c2ccccc12)C(=O)N[C@@H](Cc1c[nH]c2ccccc12)C(=O)O. The maximum absolute atomic E-state index is 15.0. The Morgan fingerprint density at radius 3 is 1.02 bits per heavy atom. The van der Waals surface area contributed by atoms with Crippen LogP contribution in [0.3, 0.4) is 0 Å². The summed E-state index contributed by atoms with van der Waals surface area (Å²) >= 11 is 0. The van der Waals surface area contributed by atoms with E-state index >= 15 is 0 Å². The van der Waals surface area contributed by atoms with Crippen molar-refractivity contribution >= 4 is 96.9 Å². The van der Waals surface area contributed by atoms with Gasteiger partial charge in [0.15, 0.2) is 5.96 Å². The first-order valence-corrected chi connectivity index (χ1v) is 29.9. The van der Waals surface area contributed by atoms with Crippen LogP contribution in [0.2, 0.25) is 0 Å². The third-order valence-corrected chi connectivity index (χ3v) is 16.0. The number of rotatable bonds is 30. The molecule has 0 aliphatic heterocycles. The maximum atomic E-state index is 15.0. The zero-order chi connectivity index (χ0) is 64.1. The smallest absolute Gasteiger partial charge is 0.326 e. The number of aromatic nitrogens is 4. The number of hydrogen-bond donors (Lipinski definition) is 15. The molecule has 0 spiro atoms. The third-order valence-electron chi connectivity index (χ3n) is 16.0. The van der Waals surface area contributed by atoms with Gasteiger partial charge in [-0.3, -0.25) is 38.6 Å². The number of amides is 7. The van der Waals surface area contributed by atoms with Crippen molar-refractivity contribution in [2.24, 2.45) is 39.9 Å². The lowest BCUT2D eigenvalue weighted by Gasteiger charge is -2.30. The fraction of sp³-hybridized carbons (Fsp3) is 0.369. The molecule has 7 amide bonds. The number of nitrogens with two attached hydrogens (primary N) is 3. The van der Waals surface area contributed by atoms with Crippen molar-refractivity contribution in [1.29, 1.82) is 0 Å². The number of carbonyl (C=O) groups is 8. The molecule has 8 atom stereocenters. The molecule has 8 aromatic rings. The quantitative estimate of drug-likeness (QED) is 0.0174. The average molecular weight is 1220 g/mol. The Bertz CT molecular complexity index is 3850. The molecule has 470 valence electrons. The minimum atomic E-state index is -1.40. The zero-order valence-corrected chi connectivity index (χ0v) is 50.7. The highest BCUT2D eigenvalue weighted by Crippen LogP contribution is 2.24. The van der Waals surface area contributed by atoms with E-state index < -0.39 is 113 Å². The van der Waals surface area contributed by atoms with Gasteiger partial charge in [0.1, 0.15) is 42.3 Å². The molecule has 0 aliphatic carbocycles. The van der Waals surface area contributed by atoms with E-state index in [1.54, 1.807) is 66.3 Å². The van der Waals surface area contributed by atoms with Crippen molar-refractivity contribution in [3.05, 3.63) is 144 Å². The van der Waals surface area contributed by atoms with E-state index in [0.29, 0.717) is 28.7 Å². The molecule has 89 heavy (non-hydrogen) atoms. The number of H-pyrrole nitrogens is 4.